The van der Waals surface area contributed by atoms with E-state index in [4.69, 9.17) is 0 Å². The monoisotopic (exact) mass is 345 g/mol. The highest BCUT2D eigenvalue weighted by atomic mass is 32.2. The Labute approximate surface area is 134 Å². The molecule has 0 aliphatic carbocycles. The van der Waals surface area contributed by atoms with Crippen molar-refractivity contribution in [2.45, 2.75) is 27.3 Å². The van der Waals surface area contributed by atoms with Crippen molar-refractivity contribution in [3.05, 3.63) is 22.4 Å². The van der Waals surface area contributed by atoms with E-state index in [0.29, 0.717) is 6.54 Å². The van der Waals surface area contributed by atoms with Crippen LogP contribution < -0.4 is 5.32 Å². The Kier molecular flexibility index (Phi) is 6.34. The number of aromatic nitrogens is 2. The third-order valence-electron chi connectivity index (χ3n) is 2.46. The molecule has 20 heavy (non-hydrogen) atoms. The molecular weight excluding hydrogens is 330 g/mol. The molecule has 0 aliphatic rings. The van der Waals surface area contributed by atoms with E-state index in [9.17, 15) is 4.79 Å². The highest BCUT2D eigenvalue weighted by molar-refractivity contribution is 8.03. The lowest BCUT2D eigenvalue weighted by Gasteiger charge is -2.09. The van der Waals surface area contributed by atoms with Crippen LogP contribution in [0.3, 0.4) is 0 Å². The Morgan fingerprint density at radius 3 is 2.90 bits per heavy atom. The van der Waals surface area contributed by atoms with Crippen LogP contribution in [0.25, 0.3) is 0 Å². The third kappa shape index (κ3) is 4.76. The predicted octanol–water partition coefficient (Wildman–Crippen LogP) is 3.16. The predicted molar refractivity (Wildman–Crippen MR) is 88.0 cm³/mol. The van der Waals surface area contributed by atoms with Gasteiger partial charge < -0.3 is 5.32 Å². The molecule has 0 bridgehead atoms. The summed E-state index contributed by atoms with van der Waals surface area (Å²) in [5, 5.41) is 12.9. The zero-order valence-electron chi connectivity index (χ0n) is 11.2. The summed E-state index contributed by atoms with van der Waals surface area (Å²) in [6.45, 7) is 2.57. The summed E-state index contributed by atoms with van der Waals surface area (Å²) in [6, 6.07) is 4.11. The van der Waals surface area contributed by atoms with Crippen molar-refractivity contribution in [1.82, 2.24) is 15.5 Å². The highest BCUT2D eigenvalue weighted by Crippen LogP contribution is 2.30. The van der Waals surface area contributed by atoms with E-state index < -0.39 is 0 Å². The summed E-state index contributed by atoms with van der Waals surface area (Å²) >= 11 is 6.27. The molecule has 0 saturated carbocycles. The molecule has 0 fully saturated rings. The first kappa shape index (κ1) is 15.8. The fourth-order valence-corrected chi connectivity index (χ4v) is 4.76. The number of rotatable bonds is 7. The lowest BCUT2D eigenvalue weighted by molar-refractivity contribution is -0.120. The number of amides is 1. The van der Waals surface area contributed by atoms with Crippen LogP contribution in [0.5, 0.6) is 0 Å². The average molecular weight is 346 g/mol. The van der Waals surface area contributed by atoms with Crippen LogP contribution in [0.1, 0.15) is 11.8 Å². The van der Waals surface area contributed by atoms with Gasteiger partial charge in [0, 0.05) is 11.4 Å². The maximum absolute atomic E-state index is 12.0. The van der Waals surface area contributed by atoms with Crippen molar-refractivity contribution in [2.75, 3.05) is 12.8 Å². The molecule has 4 nitrogen and oxygen atoms in total. The van der Waals surface area contributed by atoms with Crippen LogP contribution in [0.4, 0.5) is 0 Å². The fraction of sp³-hybridized carbons (Fsp3) is 0.417. The summed E-state index contributed by atoms with van der Waals surface area (Å²) < 4.78 is 1.77. The summed E-state index contributed by atoms with van der Waals surface area (Å²) in [6.07, 6.45) is 2.85. The van der Waals surface area contributed by atoms with E-state index in [0.717, 1.165) is 15.1 Å². The van der Waals surface area contributed by atoms with Gasteiger partial charge in [-0.25, -0.2) is 0 Å². The van der Waals surface area contributed by atoms with Gasteiger partial charge in [-0.3, -0.25) is 4.79 Å². The molecule has 108 valence electrons. The van der Waals surface area contributed by atoms with Gasteiger partial charge in [0.05, 0.1) is 5.25 Å². The SMILES string of the molecule is CSc1nnc(S[C@H](C)C(=O)NCCc2cccs2)s1. The molecule has 2 aromatic rings. The highest BCUT2D eigenvalue weighted by Gasteiger charge is 2.16. The number of carbonyl (C=O) groups is 1. The second-order valence-corrected chi connectivity index (χ2v) is 8.57. The van der Waals surface area contributed by atoms with Crippen molar-refractivity contribution in [1.29, 1.82) is 0 Å². The maximum atomic E-state index is 12.0. The van der Waals surface area contributed by atoms with Gasteiger partial charge in [-0.2, -0.15) is 0 Å². The Bertz CT molecular complexity index is 541. The van der Waals surface area contributed by atoms with Gasteiger partial charge in [0.15, 0.2) is 8.68 Å². The lowest BCUT2D eigenvalue weighted by atomic mass is 10.3. The maximum Gasteiger partial charge on any atom is 0.233 e. The normalized spacial score (nSPS) is 12.3. The van der Waals surface area contributed by atoms with Crippen LogP contribution in [0.2, 0.25) is 0 Å². The number of nitrogens with one attached hydrogen (secondary N) is 1. The van der Waals surface area contributed by atoms with Crippen molar-refractivity contribution in [3.8, 4) is 0 Å². The molecule has 0 radical (unpaired) electrons. The first-order valence-corrected chi connectivity index (χ1v) is 9.83. The molecule has 1 N–H and O–H groups in total. The second kappa shape index (κ2) is 8.02. The van der Waals surface area contributed by atoms with Crippen LogP contribution in [0, 0.1) is 0 Å². The van der Waals surface area contributed by atoms with Crippen molar-refractivity contribution in [2.24, 2.45) is 0 Å². The van der Waals surface area contributed by atoms with Crippen LogP contribution in [0.15, 0.2) is 26.2 Å². The minimum Gasteiger partial charge on any atom is -0.355 e. The zero-order chi connectivity index (χ0) is 14.4. The summed E-state index contributed by atoms with van der Waals surface area (Å²) in [5.41, 5.74) is 0. The number of hydrogen-bond donors (Lipinski definition) is 1. The topological polar surface area (TPSA) is 54.9 Å². The summed E-state index contributed by atoms with van der Waals surface area (Å²) in [4.78, 5) is 13.3. The van der Waals surface area contributed by atoms with E-state index in [-0.39, 0.29) is 11.2 Å². The fourth-order valence-electron chi connectivity index (χ4n) is 1.44. The van der Waals surface area contributed by atoms with E-state index in [1.165, 1.54) is 28.0 Å². The zero-order valence-corrected chi connectivity index (χ0v) is 14.4. The molecule has 0 unspecified atom stereocenters. The minimum atomic E-state index is -0.152. The second-order valence-electron chi connectivity index (χ2n) is 3.92. The molecule has 2 aromatic heterocycles. The van der Waals surface area contributed by atoms with E-state index in [1.807, 2.05) is 19.2 Å². The molecule has 0 spiro atoms. The van der Waals surface area contributed by atoms with Gasteiger partial charge >= 0.3 is 0 Å². The van der Waals surface area contributed by atoms with Gasteiger partial charge in [-0.05, 0) is 31.0 Å². The number of thiophene rings is 1. The van der Waals surface area contributed by atoms with Crippen LogP contribution in [-0.4, -0.2) is 34.2 Å². The Morgan fingerprint density at radius 1 is 1.45 bits per heavy atom. The third-order valence-corrected chi connectivity index (χ3v) is 6.48. The quantitative estimate of drug-likeness (QED) is 0.781. The van der Waals surface area contributed by atoms with Crippen molar-refractivity contribution >= 4 is 52.1 Å². The first-order valence-electron chi connectivity index (χ1n) is 6.03. The van der Waals surface area contributed by atoms with Crippen LogP contribution in [-0.2, 0) is 11.2 Å². The van der Waals surface area contributed by atoms with Crippen molar-refractivity contribution in [3.63, 3.8) is 0 Å². The minimum absolute atomic E-state index is 0.0486. The van der Waals surface area contributed by atoms with Gasteiger partial charge in [-0.15, -0.1) is 21.5 Å². The molecule has 8 heteroatoms. The standard InChI is InChI=1S/C12H15N3OS4/c1-8(19-12-15-14-11(17-2)20-12)10(16)13-6-5-9-4-3-7-18-9/h3-4,7-8H,5-6H2,1-2H3,(H,13,16)/t8-/m1/s1. The number of thioether (sulfide) groups is 2. The molecule has 1 atom stereocenters. The number of hydrogen-bond acceptors (Lipinski definition) is 7. The molecule has 1 amide bonds. The Morgan fingerprint density at radius 2 is 2.25 bits per heavy atom. The van der Waals surface area contributed by atoms with Crippen molar-refractivity contribution < 1.29 is 4.79 Å². The smallest absolute Gasteiger partial charge is 0.233 e. The van der Waals surface area contributed by atoms with E-state index >= 15 is 0 Å². The first-order chi connectivity index (χ1) is 9.69. The van der Waals surface area contributed by atoms with Gasteiger partial charge in [-0.1, -0.05) is 40.9 Å². The molecule has 2 rings (SSSR count). The lowest BCUT2D eigenvalue weighted by Crippen LogP contribution is -2.32. The van der Waals surface area contributed by atoms with Gasteiger partial charge in [0.25, 0.3) is 0 Å². The van der Waals surface area contributed by atoms with Gasteiger partial charge in [0.2, 0.25) is 5.91 Å². The van der Waals surface area contributed by atoms with Crippen LogP contribution >= 0.6 is 46.2 Å². The molecule has 0 aromatic carbocycles. The molecule has 0 saturated heterocycles. The molecule has 0 aliphatic heterocycles. The Balaban J connectivity index is 1.74. The summed E-state index contributed by atoms with van der Waals surface area (Å²) in [5.74, 6) is 0.0486. The number of carbonyl (C=O) groups excluding carboxylic acids is 1. The number of nitrogens with zero attached hydrogens (tertiary/aromatic N) is 2. The molecule has 2 heterocycles. The summed E-state index contributed by atoms with van der Waals surface area (Å²) in [7, 11) is 0. The Hall–Kier alpha value is -0.570. The largest absolute Gasteiger partial charge is 0.355 e. The van der Waals surface area contributed by atoms with E-state index in [2.05, 4.69) is 27.0 Å². The average Bonchev–Trinajstić information content (AvgIpc) is 3.09. The van der Waals surface area contributed by atoms with Gasteiger partial charge in [0.1, 0.15) is 0 Å². The van der Waals surface area contributed by atoms with E-state index in [1.54, 1.807) is 23.1 Å². The molecular formula is C12H15N3OS4.